The Kier molecular flexibility index (Phi) is 3.48. The summed E-state index contributed by atoms with van der Waals surface area (Å²) in [5.74, 6) is -0.917. The number of hydrogen-bond donors (Lipinski definition) is 2. The molecule has 0 aromatic heterocycles. The summed E-state index contributed by atoms with van der Waals surface area (Å²) in [5.41, 5.74) is 0.412. The van der Waals surface area contributed by atoms with Gasteiger partial charge in [0.05, 0.1) is 10.4 Å². The summed E-state index contributed by atoms with van der Waals surface area (Å²) < 4.78 is 0. The molecule has 0 fully saturated rings. The van der Waals surface area contributed by atoms with Gasteiger partial charge in [-0.2, -0.15) is 0 Å². The molecule has 0 spiro atoms. The summed E-state index contributed by atoms with van der Waals surface area (Å²) in [6.07, 6.45) is 0.244. The maximum Gasteiger partial charge on any atom is 0.309 e. The quantitative estimate of drug-likeness (QED) is 0.857. The van der Waals surface area contributed by atoms with Crippen LogP contribution in [-0.2, 0) is 11.2 Å². The van der Waals surface area contributed by atoms with Crippen molar-refractivity contribution in [2.45, 2.75) is 27.2 Å². The third-order valence-corrected chi connectivity index (χ3v) is 3.08. The van der Waals surface area contributed by atoms with Crippen LogP contribution < -0.4 is 0 Å². The first-order valence-electron chi connectivity index (χ1n) is 4.96. The molecule has 1 aromatic carbocycles. The van der Waals surface area contributed by atoms with E-state index in [1.165, 1.54) is 0 Å². The second-order valence-corrected chi connectivity index (χ2v) is 4.95. The van der Waals surface area contributed by atoms with Crippen LogP contribution in [0.15, 0.2) is 12.1 Å². The fourth-order valence-corrected chi connectivity index (χ4v) is 1.58. The van der Waals surface area contributed by atoms with Crippen molar-refractivity contribution in [2.75, 3.05) is 0 Å². The van der Waals surface area contributed by atoms with Crippen molar-refractivity contribution in [3.63, 3.8) is 0 Å². The number of halogens is 1. The van der Waals surface area contributed by atoms with Crippen LogP contribution in [0.25, 0.3) is 0 Å². The number of hydrogen-bond acceptors (Lipinski definition) is 2. The van der Waals surface area contributed by atoms with Gasteiger partial charge in [-0.3, -0.25) is 4.79 Å². The Morgan fingerprint density at radius 3 is 2.50 bits per heavy atom. The van der Waals surface area contributed by atoms with Crippen LogP contribution in [0.4, 0.5) is 0 Å². The van der Waals surface area contributed by atoms with E-state index in [0.717, 1.165) is 5.56 Å². The van der Waals surface area contributed by atoms with Crippen molar-refractivity contribution in [2.24, 2.45) is 5.41 Å². The fraction of sp³-hybridized carbons (Fsp3) is 0.417. The number of benzene rings is 1. The van der Waals surface area contributed by atoms with Crippen LogP contribution in [0.3, 0.4) is 0 Å². The summed E-state index contributed by atoms with van der Waals surface area (Å²) in [4.78, 5) is 11.0. The molecular weight excluding hydrogens is 228 g/mol. The van der Waals surface area contributed by atoms with Gasteiger partial charge in [-0.15, -0.1) is 0 Å². The first-order valence-corrected chi connectivity index (χ1v) is 5.34. The average Bonchev–Trinajstić information content (AvgIpc) is 2.19. The molecule has 0 aliphatic carbocycles. The third kappa shape index (κ3) is 2.47. The molecule has 0 aliphatic rings. The number of carbonyl (C=O) groups is 1. The Hall–Kier alpha value is -1.22. The van der Waals surface area contributed by atoms with Crippen LogP contribution in [0.1, 0.15) is 25.0 Å². The van der Waals surface area contributed by atoms with E-state index in [-0.39, 0.29) is 12.2 Å². The molecule has 0 bridgehead atoms. The number of phenols is 1. The summed E-state index contributed by atoms with van der Waals surface area (Å²) in [6, 6.07) is 3.48. The lowest BCUT2D eigenvalue weighted by Crippen LogP contribution is -2.26. The zero-order valence-electron chi connectivity index (χ0n) is 9.54. The van der Waals surface area contributed by atoms with Crippen LogP contribution in [-0.4, -0.2) is 16.2 Å². The monoisotopic (exact) mass is 242 g/mol. The van der Waals surface area contributed by atoms with E-state index >= 15 is 0 Å². The topological polar surface area (TPSA) is 57.5 Å². The van der Waals surface area contributed by atoms with Gasteiger partial charge in [0.15, 0.2) is 0 Å². The highest BCUT2D eigenvalue weighted by Gasteiger charge is 2.28. The molecule has 16 heavy (non-hydrogen) atoms. The Morgan fingerprint density at radius 1 is 1.44 bits per heavy atom. The number of carboxylic acids is 1. The number of aryl methyl sites for hydroxylation is 1. The Balaban J connectivity index is 3.08. The van der Waals surface area contributed by atoms with Crippen molar-refractivity contribution in [3.8, 4) is 5.75 Å². The fourth-order valence-electron chi connectivity index (χ4n) is 1.40. The van der Waals surface area contributed by atoms with Gasteiger partial charge in [0, 0.05) is 0 Å². The Bertz CT molecular complexity index is 425. The van der Waals surface area contributed by atoms with Crippen LogP contribution >= 0.6 is 11.6 Å². The van der Waals surface area contributed by atoms with Crippen molar-refractivity contribution < 1.29 is 15.0 Å². The van der Waals surface area contributed by atoms with E-state index in [9.17, 15) is 9.90 Å². The summed E-state index contributed by atoms with van der Waals surface area (Å²) in [7, 11) is 0. The van der Waals surface area contributed by atoms with Gasteiger partial charge in [-0.05, 0) is 38.3 Å². The molecule has 2 N–H and O–H groups in total. The SMILES string of the molecule is Cc1ccc(CC(C)(C)C(=O)O)c(O)c1Cl. The second-order valence-electron chi connectivity index (χ2n) is 4.57. The maximum absolute atomic E-state index is 11.0. The number of aromatic hydroxyl groups is 1. The van der Waals surface area contributed by atoms with Gasteiger partial charge >= 0.3 is 5.97 Å². The summed E-state index contributed by atoms with van der Waals surface area (Å²) in [6.45, 7) is 5.01. The van der Waals surface area contributed by atoms with E-state index in [1.807, 2.05) is 0 Å². The molecule has 0 unspecified atom stereocenters. The van der Waals surface area contributed by atoms with Crippen molar-refractivity contribution in [1.82, 2.24) is 0 Å². The standard InChI is InChI=1S/C12H15ClO3/c1-7-4-5-8(10(14)9(7)13)6-12(2,3)11(15)16/h4-5,14H,6H2,1-3H3,(H,15,16). The number of phenolic OH excluding ortho intramolecular Hbond substituents is 1. The lowest BCUT2D eigenvalue weighted by molar-refractivity contribution is -0.146. The molecule has 1 rings (SSSR count). The Morgan fingerprint density at radius 2 is 2.00 bits per heavy atom. The van der Waals surface area contributed by atoms with Crippen LogP contribution in [0.2, 0.25) is 5.02 Å². The molecule has 3 nitrogen and oxygen atoms in total. The van der Waals surface area contributed by atoms with Crippen LogP contribution in [0, 0.1) is 12.3 Å². The average molecular weight is 243 g/mol. The lowest BCUT2D eigenvalue weighted by atomic mass is 9.85. The lowest BCUT2D eigenvalue weighted by Gasteiger charge is -2.20. The number of aliphatic carboxylic acids is 1. The van der Waals surface area contributed by atoms with E-state index in [4.69, 9.17) is 16.7 Å². The molecule has 0 saturated carbocycles. The smallest absolute Gasteiger partial charge is 0.309 e. The van der Waals surface area contributed by atoms with E-state index in [0.29, 0.717) is 10.6 Å². The molecule has 88 valence electrons. The van der Waals surface area contributed by atoms with Crippen molar-refractivity contribution in [3.05, 3.63) is 28.3 Å². The second kappa shape index (κ2) is 4.34. The minimum absolute atomic E-state index is 0.0176. The minimum Gasteiger partial charge on any atom is -0.506 e. The van der Waals surface area contributed by atoms with Crippen LogP contribution in [0.5, 0.6) is 5.75 Å². The molecule has 0 atom stereocenters. The number of carboxylic acid groups (broad SMARTS) is 1. The molecule has 0 amide bonds. The van der Waals surface area contributed by atoms with Gasteiger partial charge in [-0.1, -0.05) is 23.7 Å². The van der Waals surface area contributed by atoms with Gasteiger partial charge < -0.3 is 10.2 Å². The highest BCUT2D eigenvalue weighted by molar-refractivity contribution is 6.32. The maximum atomic E-state index is 11.0. The molecule has 0 radical (unpaired) electrons. The molecule has 0 heterocycles. The predicted octanol–water partition coefficient (Wildman–Crippen LogP) is 3.01. The zero-order valence-corrected chi connectivity index (χ0v) is 10.3. The molecular formula is C12H15ClO3. The van der Waals surface area contributed by atoms with Gasteiger partial charge in [0.1, 0.15) is 5.75 Å². The highest BCUT2D eigenvalue weighted by Crippen LogP contribution is 2.34. The number of rotatable bonds is 3. The summed E-state index contributed by atoms with van der Waals surface area (Å²) in [5, 5.41) is 19.1. The molecule has 4 heteroatoms. The largest absolute Gasteiger partial charge is 0.506 e. The van der Waals surface area contributed by atoms with Gasteiger partial charge in [0.25, 0.3) is 0 Å². The molecule has 1 aromatic rings. The highest BCUT2D eigenvalue weighted by atomic mass is 35.5. The predicted molar refractivity (Wildman–Crippen MR) is 63.0 cm³/mol. The first kappa shape index (κ1) is 12.8. The zero-order chi connectivity index (χ0) is 12.5. The molecule has 0 aliphatic heterocycles. The molecule has 0 saturated heterocycles. The summed E-state index contributed by atoms with van der Waals surface area (Å²) >= 11 is 5.89. The van der Waals surface area contributed by atoms with E-state index < -0.39 is 11.4 Å². The van der Waals surface area contributed by atoms with Crippen molar-refractivity contribution >= 4 is 17.6 Å². The Labute approximate surface area is 99.7 Å². The van der Waals surface area contributed by atoms with Crippen molar-refractivity contribution in [1.29, 1.82) is 0 Å². The van der Waals surface area contributed by atoms with E-state index in [2.05, 4.69) is 0 Å². The normalized spacial score (nSPS) is 11.5. The van der Waals surface area contributed by atoms with E-state index in [1.54, 1.807) is 32.9 Å². The third-order valence-electron chi connectivity index (χ3n) is 2.60. The first-order chi connectivity index (χ1) is 7.25. The minimum atomic E-state index is -0.921. The van der Waals surface area contributed by atoms with Gasteiger partial charge in [0.2, 0.25) is 0 Å². The van der Waals surface area contributed by atoms with Gasteiger partial charge in [-0.25, -0.2) is 0 Å².